The van der Waals surface area contributed by atoms with E-state index in [2.05, 4.69) is 45.8 Å². The van der Waals surface area contributed by atoms with E-state index < -0.39 is 0 Å². The molecular weight excluding hydrogens is 268 g/mol. The van der Waals surface area contributed by atoms with Crippen LogP contribution in [0.3, 0.4) is 0 Å². The summed E-state index contributed by atoms with van der Waals surface area (Å²) in [5.41, 5.74) is 2.74. The average Bonchev–Trinajstić information content (AvgIpc) is 2.50. The summed E-state index contributed by atoms with van der Waals surface area (Å²) in [5, 5.41) is 0. The number of benzene rings is 1. The lowest BCUT2D eigenvalue weighted by molar-refractivity contribution is 0.207. The Morgan fingerprint density at radius 1 is 1.23 bits per heavy atom. The van der Waals surface area contributed by atoms with Crippen molar-refractivity contribution in [2.75, 3.05) is 0 Å². The molecule has 1 aromatic carbocycles. The highest BCUT2D eigenvalue weighted by molar-refractivity contribution is 5.41. The average molecular weight is 294 g/mol. The van der Waals surface area contributed by atoms with Crippen molar-refractivity contribution in [1.82, 2.24) is 0 Å². The lowest BCUT2D eigenvalue weighted by atomic mass is 9.91. The molecule has 0 saturated heterocycles. The van der Waals surface area contributed by atoms with Crippen LogP contribution in [0.4, 0.5) is 0 Å². The van der Waals surface area contributed by atoms with E-state index in [1.807, 2.05) is 43.3 Å². The van der Waals surface area contributed by atoms with Gasteiger partial charge in [0.05, 0.1) is 0 Å². The molecule has 0 radical (unpaired) electrons. The Morgan fingerprint density at radius 3 is 2.41 bits per heavy atom. The van der Waals surface area contributed by atoms with Crippen LogP contribution >= 0.6 is 0 Å². The second kappa shape index (κ2) is 8.29. The summed E-state index contributed by atoms with van der Waals surface area (Å²) in [4.78, 5) is 0. The Morgan fingerprint density at radius 2 is 1.86 bits per heavy atom. The fraction of sp³-hybridized carbons (Fsp3) is 0.333. The predicted octanol–water partition coefficient (Wildman–Crippen LogP) is 5.66. The van der Waals surface area contributed by atoms with Gasteiger partial charge in [-0.3, -0.25) is 0 Å². The minimum atomic E-state index is 0.00502. The van der Waals surface area contributed by atoms with E-state index in [4.69, 9.17) is 4.74 Å². The Labute approximate surface area is 135 Å². The molecule has 1 nitrogen and oxygen atoms in total. The highest BCUT2D eigenvalue weighted by Gasteiger charge is 2.09. The molecule has 0 aliphatic rings. The normalized spacial score (nSPS) is 11.4. The van der Waals surface area contributed by atoms with E-state index in [1.165, 1.54) is 0 Å². The molecule has 116 valence electrons. The highest BCUT2D eigenvalue weighted by atomic mass is 16.5. The van der Waals surface area contributed by atoms with E-state index in [0.29, 0.717) is 6.61 Å². The summed E-state index contributed by atoms with van der Waals surface area (Å²) in [6.07, 6.45) is 2.87. The molecule has 0 aromatic heterocycles. The van der Waals surface area contributed by atoms with Gasteiger partial charge < -0.3 is 4.74 Å². The molecule has 1 heteroatoms. The monoisotopic (exact) mass is 294 g/mol. The van der Waals surface area contributed by atoms with E-state index in [1.54, 1.807) is 0 Å². The molecule has 0 aliphatic carbocycles. The van der Waals surface area contributed by atoms with Crippen molar-refractivity contribution in [3.63, 3.8) is 0 Å². The first-order valence-corrected chi connectivity index (χ1v) is 7.60. The first kappa shape index (κ1) is 17.9. The maximum atomic E-state index is 5.85. The third-order valence-electron chi connectivity index (χ3n) is 3.41. The van der Waals surface area contributed by atoms with Crippen LogP contribution in [-0.2, 0) is 11.3 Å². The molecule has 0 saturated carbocycles. The van der Waals surface area contributed by atoms with Gasteiger partial charge in [0.15, 0.2) is 0 Å². The van der Waals surface area contributed by atoms with Crippen LogP contribution in [0.25, 0.3) is 0 Å². The lowest BCUT2D eigenvalue weighted by Gasteiger charge is -2.13. The highest BCUT2D eigenvalue weighted by Crippen LogP contribution is 2.18. The van der Waals surface area contributed by atoms with Crippen LogP contribution in [0.2, 0.25) is 0 Å². The first-order valence-electron chi connectivity index (χ1n) is 7.60. The van der Waals surface area contributed by atoms with Gasteiger partial charge in [-0.2, -0.15) is 0 Å². The van der Waals surface area contributed by atoms with Gasteiger partial charge in [-0.15, -0.1) is 0 Å². The minimum Gasteiger partial charge on any atom is -0.489 e. The summed E-state index contributed by atoms with van der Waals surface area (Å²) >= 11 is 0. The molecule has 1 aromatic rings. The molecule has 1 rings (SSSR count). The molecule has 0 amide bonds. The third-order valence-corrected chi connectivity index (χ3v) is 3.41. The Balaban J connectivity index is 2.78. The van der Waals surface area contributed by atoms with E-state index >= 15 is 0 Å². The Hall–Kier alpha value is -2.20. The summed E-state index contributed by atoms with van der Waals surface area (Å²) in [6.45, 7) is 16.8. The number of allylic oxidation sites excluding steroid dienone is 3. The van der Waals surface area contributed by atoms with Gasteiger partial charge in [-0.1, -0.05) is 62.3 Å². The van der Waals surface area contributed by atoms with Crippen LogP contribution in [0.5, 0.6) is 0 Å². The zero-order valence-corrected chi connectivity index (χ0v) is 14.2. The molecule has 0 unspecified atom stereocenters. The molecule has 0 atom stereocenters. The van der Waals surface area contributed by atoms with Crippen molar-refractivity contribution >= 4 is 0 Å². The summed E-state index contributed by atoms with van der Waals surface area (Å²) in [7, 11) is 0. The standard InChI is InChI=1S/C21H26O/c1-7-21(5,6)14-13-18(4)15-20(17(2)3)22-16-19-11-9-8-10-12-19/h8-12,15H,2,4,7,16H2,1,3,5-6H3. The van der Waals surface area contributed by atoms with Crippen LogP contribution in [0, 0.1) is 17.3 Å². The fourth-order valence-electron chi connectivity index (χ4n) is 1.56. The van der Waals surface area contributed by atoms with Gasteiger partial charge >= 0.3 is 0 Å². The van der Waals surface area contributed by atoms with Crippen molar-refractivity contribution in [2.45, 2.75) is 40.7 Å². The van der Waals surface area contributed by atoms with Gasteiger partial charge in [0, 0.05) is 11.0 Å². The molecule has 0 spiro atoms. The van der Waals surface area contributed by atoms with Gasteiger partial charge in [0.25, 0.3) is 0 Å². The van der Waals surface area contributed by atoms with Crippen LogP contribution < -0.4 is 0 Å². The number of rotatable bonds is 6. The van der Waals surface area contributed by atoms with E-state index in [-0.39, 0.29) is 5.41 Å². The van der Waals surface area contributed by atoms with Crippen molar-refractivity contribution < 1.29 is 4.74 Å². The molecule has 0 aliphatic heterocycles. The SMILES string of the molecule is C=C(C#CC(C)(C)CC)C=C(OCc1ccccc1)C(=C)C. The first-order chi connectivity index (χ1) is 10.3. The van der Waals surface area contributed by atoms with E-state index in [0.717, 1.165) is 28.9 Å². The van der Waals surface area contributed by atoms with Gasteiger partial charge in [0.1, 0.15) is 12.4 Å². The lowest BCUT2D eigenvalue weighted by Crippen LogP contribution is -2.05. The molecular formula is C21H26O. The van der Waals surface area contributed by atoms with E-state index in [9.17, 15) is 0 Å². The Kier molecular flexibility index (Phi) is 6.73. The topological polar surface area (TPSA) is 9.23 Å². The zero-order chi connectivity index (χ0) is 16.6. The molecule has 0 heterocycles. The van der Waals surface area contributed by atoms with Crippen molar-refractivity contribution in [1.29, 1.82) is 0 Å². The van der Waals surface area contributed by atoms with Gasteiger partial charge in [0.2, 0.25) is 0 Å². The smallest absolute Gasteiger partial charge is 0.123 e. The molecule has 0 N–H and O–H groups in total. The molecule has 22 heavy (non-hydrogen) atoms. The predicted molar refractivity (Wildman–Crippen MR) is 95.1 cm³/mol. The molecule has 0 bridgehead atoms. The van der Waals surface area contributed by atoms with Gasteiger partial charge in [-0.05, 0) is 44.4 Å². The number of ether oxygens (including phenoxy) is 1. The van der Waals surface area contributed by atoms with Crippen molar-refractivity contribution in [2.24, 2.45) is 5.41 Å². The second-order valence-corrected chi connectivity index (χ2v) is 6.08. The van der Waals surface area contributed by atoms with Crippen LogP contribution in [0.15, 0.2) is 66.5 Å². The number of hydrogen-bond donors (Lipinski definition) is 0. The minimum absolute atomic E-state index is 0.00502. The van der Waals surface area contributed by atoms with Gasteiger partial charge in [-0.25, -0.2) is 0 Å². The number of hydrogen-bond acceptors (Lipinski definition) is 1. The Bertz CT molecular complexity index is 606. The van der Waals surface area contributed by atoms with Crippen LogP contribution in [-0.4, -0.2) is 0 Å². The fourth-order valence-corrected chi connectivity index (χ4v) is 1.56. The summed E-state index contributed by atoms with van der Waals surface area (Å²) < 4.78 is 5.85. The second-order valence-electron chi connectivity index (χ2n) is 6.08. The summed E-state index contributed by atoms with van der Waals surface area (Å²) in [5.74, 6) is 7.10. The third kappa shape index (κ3) is 6.50. The quantitative estimate of drug-likeness (QED) is 0.374. The van der Waals surface area contributed by atoms with Crippen molar-refractivity contribution in [3.8, 4) is 11.8 Å². The molecule has 0 fully saturated rings. The van der Waals surface area contributed by atoms with Crippen LogP contribution in [0.1, 0.15) is 39.7 Å². The zero-order valence-electron chi connectivity index (χ0n) is 14.2. The largest absolute Gasteiger partial charge is 0.489 e. The maximum Gasteiger partial charge on any atom is 0.123 e. The van der Waals surface area contributed by atoms with Crippen molar-refractivity contribution in [3.05, 3.63) is 72.0 Å². The maximum absolute atomic E-state index is 5.85. The summed E-state index contributed by atoms with van der Waals surface area (Å²) in [6, 6.07) is 10.1.